The second-order valence-electron chi connectivity index (χ2n) is 4.18. The van der Waals surface area contributed by atoms with Crippen molar-refractivity contribution in [3.05, 3.63) is 18.2 Å². The van der Waals surface area contributed by atoms with Gasteiger partial charge in [0, 0.05) is 25.0 Å². The van der Waals surface area contributed by atoms with Gasteiger partial charge in [0.2, 0.25) is 0 Å². The predicted octanol–water partition coefficient (Wildman–Crippen LogP) is 2.75. The van der Waals surface area contributed by atoms with E-state index in [-0.39, 0.29) is 42.4 Å². The fourth-order valence-corrected chi connectivity index (χ4v) is 1.45. The molecule has 0 bridgehead atoms. The van der Waals surface area contributed by atoms with Crippen LogP contribution in [0.25, 0.3) is 0 Å². The molecule has 2 N–H and O–H groups in total. The van der Waals surface area contributed by atoms with E-state index in [0.717, 1.165) is 11.0 Å². The lowest BCUT2D eigenvalue weighted by molar-refractivity contribution is 0.0671. The average Bonchev–Trinajstić information content (AvgIpc) is 2.84. The van der Waals surface area contributed by atoms with Crippen LogP contribution in [0, 0.1) is 0 Å². The third-order valence-corrected chi connectivity index (χ3v) is 2.68. The molecule has 1 heterocycles. The van der Waals surface area contributed by atoms with Gasteiger partial charge in [0.15, 0.2) is 5.96 Å². The van der Waals surface area contributed by atoms with Gasteiger partial charge in [-0.3, -0.25) is 4.57 Å². The second-order valence-corrected chi connectivity index (χ2v) is 4.18. The quantitative estimate of drug-likeness (QED) is 0.438. The molecule has 1 rings (SSSR count). The van der Waals surface area contributed by atoms with Crippen molar-refractivity contribution in [1.82, 2.24) is 20.2 Å². The Kier molecular flexibility index (Phi) is 9.43. The number of nitrogens with zero attached hydrogens (tertiary/aromatic N) is 3. The summed E-state index contributed by atoms with van der Waals surface area (Å²) in [7, 11) is 0. The number of alkyl halides is 2. The summed E-state index contributed by atoms with van der Waals surface area (Å²) in [6.45, 7) is 4.29. The Labute approximate surface area is 135 Å². The van der Waals surface area contributed by atoms with Gasteiger partial charge >= 0.3 is 6.55 Å². The lowest BCUT2D eigenvalue weighted by atomic mass is 10.3. The van der Waals surface area contributed by atoms with Crippen LogP contribution in [0.3, 0.4) is 0 Å². The number of hydrogen-bond acceptors (Lipinski definition) is 2. The molecule has 1 unspecified atom stereocenters. The van der Waals surface area contributed by atoms with E-state index >= 15 is 0 Å². The zero-order valence-corrected chi connectivity index (χ0v) is 14.3. The molecule has 1 atom stereocenters. The molecule has 8 heteroatoms. The first-order valence-corrected chi connectivity index (χ1v) is 6.43. The third kappa shape index (κ3) is 6.02. The molecule has 0 saturated carbocycles. The standard InChI is InChI=1S/C12H21F2N5.HI/c1-4-9(3)18-12(15-5-2)17-8-10-16-6-7-19(10)11(13)14;/h6-7,9,11H,4-5,8H2,1-3H3,(H2,15,17,18);1H. The monoisotopic (exact) mass is 401 g/mol. The molecule has 1 aromatic heterocycles. The summed E-state index contributed by atoms with van der Waals surface area (Å²) in [5, 5.41) is 6.27. The Morgan fingerprint density at radius 2 is 2.15 bits per heavy atom. The van der Waals surface area contributed by atoms with Gasteiger partial charge in [-0.2, -0.15) is 8.78 Å². The van der Waals surface area contributed by atoms with Crippen molar-refractivity contribution in [3.63, 3.8) is 0 Å². The van der Waals surface area contributed by atoms with Crippen molar-refractivity contribution in [2.45, 2.75) is 46.3 Å². The Morgan fingerprint density at radius 3 is 2.70 bits per heavy atom. The van der Waals surface area contributed by atoms with E-state index in [1.807, 2.05) is 13.8 Å². The van der Waals surface area contributed by atoms with Crippen LogP contribution in [0.2, 0.25) is 0 Å². The maximum Gasteiger partial charge on any atom is 0.319 e. The number of imidazole rings is 1. The Hall–Kier alpha value is -0.930. The maximum absolute atomic E-state index is 12.6. The molecule has 116 valence electrons. The second kappa shape index (κ2) is 9.89. The van der Waals surface area contributed by atoms with Gasteiger partial charge in [0.1, 0.15) is 12.4 Å². The van der Waals surface area contributed by atoms with E-state index in [2.05, 4.69) is 27.5 Å². The normalized spacial score (nSPS) is 13.0. The minimum absolute atomic E-state index is 0. The Balaban J connectivity index is 0.00000361. The highest BCUT2D eigenvalue weighted by atomic mass is 127. The molecular formula is C12H22F2IN5. The van der Waals surface area contributed by atoms with E-state index in [4.69, 9.17) is 0 Å². The molecule has 0 aliphatic heterocycles. The molecule has 0 radical (unpaired) electrons. The van der Waals surface area contributed by atoms with Crippen molar-refractivity contribution < 1.29 is 8.78 Å². The van der Waals surface area contributed by atoms with Crippen molar-refractivity contribution in [2.24, 2.45) is 4.99 Å². The van der Waals surface area contributed by atoms with E-state index in [1.54, 1.807) is 0 Å². The summed E-state index contributed by atoms with van der Waals surface area (Å²) in [4.78, 5) is 8.15. The van der Waals surface area contributed by atoms with Crippen LogP contribution in [0.1, 0.15) is 39.6 Å². The fraction of sp³-hybridized carbons (Fsp3) is 0.667. The van der Waals surface area contributed by atoms with Gasteiger partial charge in [-0.05, 0) is 20.3 Å². The number of aliphatic imine (C=N–C) groups is 1. The fourth-order valence-electron chi connectivity index (χ4n) is 1.45. The van der Waals surface area contributed by atoms with Crippen LogP contribution in [-0.2, 0) is 6.54 Å². The van der Waals surface area contributed by atoms with Gasteiger partial charge in [-0.15, -0.1) is 24.0 Å². The topological polar surface area (TPSA) is 54.2 Å². The minimum Gasteiger partial charge on any atom is -0.357 e. The Morgan fingerprint density at radius 1 is 1.45 bits per heavy atom. The summed E-state index contributed by atoms with van der Waals surface area (Å²) < 4.78 is 26.1. The van der Waals surface area contributed by atoms with Crippen LogP contribution >= 0.6 is 24.0 Å². The van der Waals surface area contributed by atoms with Crippen LogP contribution in [0.5, 0.6) is 0 Å². The molecule has 1 aromatic rings. The first-order chi connectivity index (χ1) is 9.08. The number of guanidine groups is 1. The summed E-state index contributed by atoms with van der Waals surface area (Å²) in [5.41, 5.74) is 0. The maximum atomic E-state index is 12.6. The summed E-state index contributed by atoms with van der Waals surface area (Å²) in [5.74, 6) is 0.858. The van der Waals surface area contributed by atoms with Crippen molar-refractivity contribution in [2.75, 3.05) is 6.54 Å². The van der Waals surface area contributed by atoms with E-state index < -0.39 is 6.55 Å². The van der Waals surface area contributed by atoms with E-state index in [1.165, 1.54) is 12.4 Å². The van der Waals surface area contributed by atoms with Crippen LogP contribution in [-0.4, -0.2) is 28.1 Å². The molecular weight excluding hydrogens is 379 g/mol. The highest BCUT2D eigenvalue weighted by Crippen LogP contribution is 2.12. The van der Waals surface area contributed by atoms with Gasteiger partial charge in [-0.1, -0.05) is 6.92 Å². The van der Waals surface area contributed by atoms with Crippen molar-refractivity contribution >= 4 is 29.9 Å². The van der Waals surface area contributed by atoms with Gasteiger partial charge in [0.25, 0.3) is 0 Å². The van der Waals surface area contributed by atoms with Crippen LogP contribution in [0.15, 0.2) is 17.4 Å². The predicted molar refractivity (Wildman–Crippen MR) is 86.6 cm³/mol. The Bertz CT molecular complexity index is 408. The summed E-state index contributed by atoms with van der Waals surface area (Å²) >= 11 is 0. The minimum atomic E-state index is -2.59. The molecule has 0 spiro atoms. The lowest BCUT2D eigenvalue weighted by Crippen LogP contribution is -2.42. The summed E-state index contributed by atoms with van der Waals surface area (Å²) in [6, 6.07) is 0.271. The smallest absolute Gasteiger partial charge is 0.319 e. The summed E-state index contributed by atoms with van der Waals surface area (Å²) in [6.07, 6.45) is 3.56. The molecule has 20 heavy (non-hydrogen) atoms. The SMILES string of the molecule is CCNC(=NCc1nccn1C(F)F)NC(C)CC.I. The first kappa shape index (κ1) is 19.1. The van der Waals surface area contributed by atoms with Crippen molar-refractivity contribution in [3.8, 4) is 0 Å². The highest BCUT2D eigenvalue weighted by molar-refractivity contribution is 14.0. The largest absolute Gasteiger partial charge is 0.357 e. The molecule has 0 saturated heterocycles. The average molecular weight is 401 g/mol. The molecule has 0 aliphatic rings. The van der Waals surface area contributed by atoms with Crippen molar-refractivity contribution in [1.29, 1.82) is 0 Å². The van der Waals surface area contributed by atoms with Gasteiger partial charge in [0.05, 0.1) is 0 Å². The van der Waals surface area contributed by atoms with Crippen LogP contribution in [0.4, 0.5) is 8.78 Å². The van der Waals surface area contributed by atoms with Gasteiger partial charge in [-0.25, -0.2) is 9.98 Å². The number of aromatic nitrogens is 2. The van der Waals surface area contributed by atoms with Gasteiger partial charge < -0.3 is 10.6 Å². The third-order valence-electron chi connectivity index (χ3n) is 2.68. The lowest BCUT2D eigenvalue weighted by Gasteiger charge is -2.16. The number of halogens is 3. The molecule has 5 nitrogen and oxygen atoms in total. The zero-order valence-electron chi connectivity index (χ0n) is 11.9. The number of hydrogen-bond donors (Lipinski definition) is 2. The molecule has 0 fully saturated rings. The van der Waals surface area contributed by atoms with Crippen LogP contribution < -0.4 is 10.6 Å². The molecule has 0 aliphatic carbocycles. The van der Waals surface area contributed by atoms with E-state index in [9.17, 15) is 8.78 Å². The first-order valence-electron chi connectivity index (χ1n) is 6.43. The number of rotatable bonds is 6. The highest BCUT2D eigenvalue weighted by Gasteiger charge is 2.11. The van der Waals surface area contributed by atoms with E-state index in [0.29, 0.717) is 12.5 Å². The molecule has 0 amide bonds. The molecule has 0 aromatic carbocycles. The zero-order chi connectivity index (χ0) is 14.3. The number of nitrogens with one attached hydrogen (secondary N) is 2.